The van der Waals surface area contributed by atoms with Crippen LogP contribution in [0.25, 0.3) is 5.69 Å². The summed E-state index contributed by atoms with van der Waals surface area (Å²) in [5.41, 5.74) is 2.33. The number of aryl methyl sites for hydroxylation is 1. The number of amides is 1. The first kappa shape index (κ1) is 20.2. The van der Waals surface area contributed by atoms with Crippen molar-refractivity contribution in [3.63, 3.8) is 0 Å². The van der Waals surface area contributed by atoms with Crippen LogP contribution < -0.4 is 15.4 Å². The molecule has 7 nitrogen and oxygen atoms in total. The van der Waals surface area contributed by atoms with Gasteiger partial charge in [-0.25, -0.2) is 4.68 Å². The van der Waals surface area contributed by atoms with E-state index in [0.717, 1.165) is 49.7 Å². The number of halogens is 1. The second kappa shape index (κ2) is 9.56. The topological polar surface area (TPSA) is 71.4 Å². The SMILES string of the molecule is COc1ccc(C)cc1-n1ccc(C(=O)NCCN2CCNCC2)n1.Cl. The fourth-order valence-electron chi connectivity index (χ4n) is 2.91. The van der Waals surface area contributed by atoms with Gasteiger partial charge in [0.1, 0.15) is 11.4 Å². The van der Waals surface area contributed by atoms with E-state index in [9.17, 15) is 4.79 Å². The molecule has 2 heterocycles. The summed E-state index contributed by atoms with van der Waals surface area (Å²) in [6, 6.07) is 7.59. The number of nitrogens with one attached hydrogen (secondary N) is 2. The van der Waals surface area contributed by atoms with E-state index in [4.69, 9.17) is 4.74 Å². The average Bonchev–Trinajstić information content (AvgIpc) is 3.12. The van der Waals surface area contributed by atoms with E-state index in [1.807, 2.05) is 25.1 Å². The lowest BCUT2D eigenvalue weighted by Gasteiger charge is -2.26. The number of carbonyl (C=O) groups excluding carboxylic acids is 1. The van der Waals surface area contributed by atoms with Crippen LogP contribution in [0.5, 0.6) is 5.75 Å². The molecule has 1 aliphatic heterocycles. The number of piperazine rings is 1. The minimum Gasteiger partial charge on any atom is -0.494 e. The van der Waals surface area contributed by atoms with Gasteiger partial charge >= 0.3 is 0 Å². The molecule has 142 valence electrons. The van der Waals surface area contributed by atoms with Gasteiger partial charge < -0.3 is 15.4 Å². The molecule has 0 bridgehead atoms. The van der Waals surface area contributed by atoms with Crippen molar-refractivity contribution in [2.75, 3.05) is 46.4 Å². The van der Waals surface area contributed by atoms with Crippen LogP contribution in [0.2, 0.25) is 0 Å². The van der Waals surface area contributed by atoms with E-state index in [2.05, 4.69) is 20.6 Å². The summed E-state index contributed by atoms with van der Waals surface area (Å²) in [7, 11) is 1.63. The standard InChI is InChI=1S/C18H25N5O2.ClH/c1-14-3-4-17(25-2)16(13-14)23-9-5-15(21-23)18(24)20-8-12-22-10-6-19-7-11-22;/h3-5,9,13,19H,6-8,10-12H2,1-2H3,(H,20,24);1H. The van der Waals surface area contributed by atoms with Crippen LogP contribution in [0.3, 0.4) is 0 Å². The Balaban J connectivity index is 0.00000243. The molecule has 0 atom stereocenters. The highest BCUT2D eigenvalue weighted by Gasteiger charge is 2.14. The molecule has 0 radical (unpaired) electrons. The Kier molecular flexibility index (Phi) is 7.44. The highest BCUT2D eigenvalue weighted by Crippen LogP contribution is 2.23. The molecule has 1 fully saturated rings. The zero-order valence-electron chi connectivity index (χ0n) is 15.2. The summed E-state index contributed by atoms with van der Waals surface area (Å²) in [5.74, 6) is 0.569. The number of methoxy groups -OCH3 is 1. The van der Waals surface area contributed by atoms with E-state index in [-0.39, 0.29) is 18.3 Å². The van der Waals surface area contributed by atoms with Gasteiger partial charge in [0.05, 0.1) is 7.11 Å². The van der Waals surface area contributed by atoms with E-state index < -0.39 is 0 Å². The number of rotatable bonds is 6. The monoisotopic (exact) mass is 379 g/mol. The van der Waals surface area contributed by atoms with E-state index in [1.165, 1.54) is 0 Å². The van der Waals surface area contributed by atoms with Gasteiger partial charge in [-0.3, -0.25) is 9.69 Å². The van der Waals surface area contributed by atoms with Crippen molar-refractivity contribution in [1.29, 1.82) is 0 Å². The largest absolute Gasteiger partial charge is 0.494 e. The maximum absolute atomic E-state index is 12.3. The fourth-order valence-corrected chi connectivity index (χ4v) is 2.91. The molecular weight excluding hydrogens is 354 g/mol. The first-order valence-electron chi connectivity index (χ1n) is 8.59. The molecule has 2 N–H and O–H groups in total. The highest BCUT2D eigenvalue weighted by molar-refractivity contribution is 5.92. The molecule has 1 aromatic heterocycles. The molecule has 0 spiro atoms. The van der Waals surface area contributed by atoms with Gasteiger partial charge in [-0.2, -0.15) is 5.10 Å². The Hall–Kier alpha value is -2.09. The van der Waals surface area contributed by atoms with Gasteiger partial charge in [-0.15, -0.1) is 12.4 Å². The third kappa shape index (κ3) is 4.97. The van der Waals surface area contributed by atoms with Crippen LogP contribution in [-0.2, 0) is 0 Å². The molecule has 26 heavy (non-hydrogen) atoms. The second-order valence-electron chi connectivity index (χ2n) is 6.17. The lowest BCUT2D eigenvalue weighted by atomic mass is 10.2. The Morgan fingerprint density at radius 2 is 2.08 bits per heavy atom. The van der Waals surface area contributed by atoms with Gasteiger partial charge in [0.2, 0.25) is 0 Å². The summed E-state index contributed by atoms with van der Waals surface area (Å²) in [4.78, 5) is 14.6. The molecule has 0 unspecified atom stereocenters. The van der Waals surface area contributed by atoms with Gasteiger partial charge in [0, 0.05) is 45.5 Å². The number of carbonyl (C=O) groups is 1. The predicted octanol–water partition coefficient (Wildman–Crippen LogP) is 1.25. The molecule has 0 saturated carbocycles. The molecular formula is C18H26ClN5O2. The summed E-state index contributed by atoms with van der Waals surface area (Å²) < 4.78 is 7.06. The number of hydrogen-bond donors (Lipinski definition) is 2. The van der Waals surface area contributed by atoms with Crippen molar-refractivity contribution in [1.82, 2.24) is 25.3 Å². The first-order valence-corrected chi connectivity index (χ1v) is 8.59. The molecule has 0 aliphatic carbocycles. The maximum Gasteiger partial charge on any atom is 0.271 e. The van der Waals surface area contributed by atoms with Crippen LogP contribution in [0.1, 0.15) is 16.1 Å². The molecule has 2 aromatic rings. The number of ether oxygens (including phenoxy) is 1. The van der Waals surface area contributed by atoms with Crippen molar-refractivity contribution in [2.45, 2.75) is 6.92 Å². The number of nitrogens with zero attached hydrogens (tertiary/aromatic N) is 3. The summed E-state index contributed by atoms with van der Waals surface area (Å²) in [6.07, 6.45) is 1.78. The number of benzene rings is 1. The summed E-state index contributed by atoms with van der Waals surface area (Å²) in [6.45, 7) is 7.57. The average molecular weight is 380 g/mol. The lowest BCUT2D eigenvalue weighted by Crippen LogP contribution is -2.46. The highest BCUT2D eigenvalue weighted by atomic mass is 35.5. The van der Waals surface area contributed by atoms with Crippen LogP contribution in [0.15, 0.2) is 30.5 Å². The van der Waals surface area contributed by atoms with Crippen molar-refractivity contribution >= 4 is 18.3 Å². The molecule has 1 amide bonds. The van der Waals surface area contributed by atoms with Gasteiger partial charge in [0.25, 0.3) is 5.91 Å². The Labute approximate surface area is 160 Å². The number of hydrogen-bond acceptors (Lipinski definition) is 5. The van der Waals surface area contributed by atoms with Crippen molar-refractivity contribution in [3.8, 4) is 11.4 Å². The second-order valence-corrected chi connectivity index (χ2v) is 6.17. The third-order valence-corrected chi connectivity index (χ3v) is 4.33. The smallest absolute Gasteiger partial charge is 0.271 e. The van der Waals surface area contributed by atoms with E-state index in [0.29, 0.717) is 12.2 Å². The Morgan fingerprint density at radius 1 is 1.31 bits per heavy atom. The molecule has 1 aliphatic rings. The summed E-state index contributed by atoms with van der Waals surface area (Å²) in [5, 5.41) is 10.7. The molecule has 1 saturated heterocycles. The maximum atomic E-state index is 12.3. The zero-order chi connectivity index (χ0) is 17.6. The van der Waals surface area contributed by atoms with Gasteiger partial charge in [0.15, 0.2) is 5.69 Å². The predicted molar refractivity (Wildman–Crippen MR) is 104 cm³/mol. The lowest BCUT2D eigenvalue weighted by molar-refractivity contribution is 0.0942. The van der Waals surface area contributed by atoms with Gasteiger partial charge in [-0.1, -0.05) is 6.07 Å². The van der Waals surface area contributed by atoms with Crippen LogP contribution in [0.4, 0.5) is 0 Å². The fraction of sp³-hybridized carbons (Fsp3) is 0.444. The van der Waals surface area contributed by atoms with Gasteiger partial charge in [-0.05, 0) is 30.7 Å². The van der Waals surface area contributed by atoms with Crippen LogP contribution in [-0.4, -0.2) is 67.0 Å². The molecule has 8 heteroatoms. The number of aromatic nitrogens is 2. The first-order chi connectivity index (χ1) is 12.2. The van der Waals surface area contributed by atoms with Crippen molar-refractivity contribution in [3.05, 3.63) is 41.7 Å². The minimum atomic E-state index is -0.152. The van der Waals surface area contributed by atoms with Crippen molar-refractivity contribution < 1.29 is 9.53 Å². The zero-order valence-corrected chi connectivity index (χ0v) is 16.0. The Morgan fingerprint density at radius 3 is 2.81 bits per heavy atom. The van der Waals surface area contributed by atoms with Crippen LogP contribution >= 0.6 is 12.4 Å². The van der Waals surface area contributed by atoms with E-state index in [1.54, 1.807) is 24.1 Å². The summed E-state index contributed by atoms with van der Waals surface area (Å²) >= 11 is 0. The minimum absolute atomic E-state index is 0. The van der Waals surface area contributed by atoms with E-state index >= 15 is 0 Å². The molecule has 3 rings (SSSR count). The van der Waals surface area contributed by atoms with Crippen LogP contribution in [0, 0.1) is 6.92 Å². The Bertz CT molecular complexity index is 728. The van der Waals surface area contributed by atoms with Crippen molar-refractivity contribution in [2.24, 2.45) is 0 Å². The third-order valence-electron chi connectivity index (χ3n) is 4.33. The molecule has 1 aromatic carbocycles. The normalized spacial score (nSPS) is 14.5. The quantitative estimate of drug-likeness (QED) is 0.790.